The Morgan fingerprint density at radius 3 is 2.88 bits per heavy atom. The number of hydrogen-bond acceptors (Lipinski definition) is 4. The number of rotatable bonds is 2. The number of carbonyl (C=O) groups excluding carboxylic acids is 1. The molecule has 2 heterocycles. The maximum Gasteiger partial charge on any atom is 0.279 e. The van der Waals surface area contributed by atoms with Gasteiger partial charge in [0.05, 0.1) is 10.2 Å². The molecule has 0 saturated carbocycles. The smallest absolute Gasteiger partial charge is 0.279 e. The van der Waals surface area contributed by atoms with E-state index in [9.17, 15) is 4.79 Å². The summed E-state index contributed by atoms with van der Waals surface area (Å²) in [6, 6.07) is 11.5. The normalized spacial score (nSPS) is 13.7. The van der Waals surface area contributed by atoms with Gasteiger partial charge in [0.2, 0.25) is 6.79 Å². The van der Waals surface area contributed by atoms with Gasteiger partial charge in [-0.05, 0) is 42.3 Å². The molecule has 0 spiro atoms. The first-order valence-electron chi connectivity index (χ1n) is 7.73. The molecule has 0 fully saturated rings. The van der Waals surface area contributed by atoms with Crippen molar-refractivity contribution in [3.05, 3.63) is 52.3 Å². The summed E-state index contributed by atoms with van der Waals surface area (Å²) < 4.78 is 13.7. The molecule has 0 radical (unpaired) electrons. The van der Waals surface area contributed by atoms with Gasteiger partial charge in [-0.2, -0.15) is 4.99 Å². The maximum atomic E-state index is 12.5. The lowest BCUT2D eigenvalue weighted by Crippen LogP contribution is -2.13. The SMILES string of the molecule is CCc1ccc2c(c1)sc(=NC(=O)c1ccc3c(c1)OCO3)n2C. The summed E-state index contributed by atoms with van der Waals surface area (Å²) in [7, 11) is 1.93. The van der Waals surface area contributed by atoms with Crippen LogP contribution in [0.2, 0.25) is 0 Å². The van der Waals surface area contributed by atoms with Crippen molar-refractivity contribution in [1.82, 2.24) is 4.57 Å². The number of nitrogens with zero attached hydrogens (tertiary/aromatic N) is 2. The van der Waals surface area contributed by atoms with Crippen LogP contribution < -0.4 is 14.3 Å². The van der Waals surface area contributed by atoms with Gasteiger partial charge in [-0.25, -0.2) is 0 Å². The summed E-state index contributed by atoms with van der Waals surface area (Å²) in [5.74, 6) is 0.960. The minimum absolute atomic E-state index is 0.190. The van der Waals surface area contributed by atoms with E-state index in [4.69, 9.17) is 9.47 Å². The van der Waals surface area contributed by atoms with Gasteiger partial charge in [0.1, 0.15) is 0 Å². The van der Waals surface area contributed by atoms with Gasteiger partial charge in [0, 0.05) is 12.6 Å². The molecule has 2 aromatic carbocycles. The Morgan fingerprint density at radius 1 is 1.21 bits per heavy atom. The topological polar surface area (TPSA) is 52.8 Å². The quantitative estimate of drug-likeness (QED) is 0.719. The Hall–Kier alpha value is -2.60. The number of carbonyl (C=O) groups is 1. The Kier molecular flexibility index (Phi) is 3.61. The monoisotopic (exact) mass is 340 g/mol. The van der Waals surface area contributed by atoms with Crippen LogP contribution in [0.25, 0.3) is 10.2 Å². The van der Waals surface area contributed by atoms with E-state index in [1.165, 1.54) is 16.9 Å². The van der Waals surface area contributed by atoms with Crippen LogP contribution >= 0.6 is 11.3 Å². The summed E-state index contributed by atoms with van der Waals surface area (Å²) in [5.41, 5.74) is 2.85. The van der Waals surface area contributed by atoms with E-state index in [1.54, 1.807) is 18.2 Å². The fraction of sp³-hybridized carbons (Fsp3) is 0.222. The highest BCUT2D eigenvalue weighted by Crippen LogP contribution is 2.32. The van der Waals surface area contributed by atoms with Crippen molar-refractivity contribution in [3.63, 3.8) is 0 Å². The van der Waals surface area contributed by atoms with E-state index < -0.39 is 0 Å². The van der Waals surface area contributed by atoms with Gasteiger partial charge in [-0.15, -0.1) is 0 Å². The zero-order valence-corrected chi connectivity index (χ0v) is 14.2. The average Bonchev–Trinajstić information content (AvgIpc) is 3.18. The van der Waals surface area contributed by atoms with Gasteiger partial charge >= 0.3 is 0 Å². The van der Waals surface area contributed by atoms with Gasteiger partial charge in [-0.1, -0.05) is 24.3 Å². The first kappa shape index (κ1) is 15.0. The van der Waals surface area contributed by atoms with Crippen molar-refractivity contribution in [2.24, 2.45) is 12.0 Å². The van der Waals surface area contributed by atoms with Crippen LogP contribution in [0.15, 0.2) is 41.4 Å². The average molecular weight is 340 g/mol. The van der Waals surface area contributed by atoms with Crippen molar-refractivity contribution >= 4 is 27.5 Å². The summed E-state index contributed by atoms with van der Waals surface area (Å²) >= 11 is 1.52. The second-order valence-electron chi connectivity index (χ2n) is 5.58. The van der Waals surface area contributed by atoms with Crippen LogP contribution in [-0.4, -0.2) is 17.3 Å². The Bertz CT molecular complexity index is 1020. The van der Waals surface area contributed by atoms with Crippen molar-refractivity contribution in [3.8, 4) is 11.5 Å². The molecule has 1 aliphatic heterocycles. The number of thiazole rings is 1. The first-order chi connectivity index (χ1) is 11.7. The number of aryl methyl sites for hydroxylation is 2. The molecule has 5 nitrogen and oxygen atoms in total. The molecule has 0 bridgehead atoms. The predicted molar refractivity (Wildman–Crippen MR) is 92.6 cm³/mol. The van der Waals surface area contributed by atoms with Gasteiger partial charge in [-0.3, -0.25) is 4.79 Å². The Balaban J connectivity index is 1.76. The minimum atomic E-state index is -0.286. The molecule has 1 aliphatic rings. The van der Waals surface area contributed by atoms with Crippen LogP contribution in [0.3, 0.4) is 0 Å². The standard InChI is InChI=1S/C18H16N2O3S/c1-3-11-4-6-13-16(8-11)24-18(20(13)2)19-17(21)12-5-7-14-15(9-12)23-10-22-14/h4-9H,3,10H2,1-2H3. The van der Waals surface area contributed by atoms with E-state index in [0.717, 1.165) is 16.6 Å². The molecule has 0 aliphatic carbocycles. The third-order valence-corrected chi connectivity index (χ3v) is 5.19. The number of aromatic nitrogens is 1. The number of hydrogen-bond donors (Lipinski definition) is 0. The zero-order valence-electron chi connectivity index (χ0n) is 13.4. The van der Waals surface area contributed by atoms with Crippen molar-refractivity contribution in [2.45, 2.75) is 13.3 Å². The second-order valence-corrected chi connectivity index (χ2v) is 6.59. The molecule has 0 N–H and O–H groups in total. The lowest BCUT2D eigenvalue weighted by molar-refractivity contribution is 0.0997. The van der Waals surface area contributed by atoms with Crippen LogP contribution in [-0.2, 0) is 13.5 Å². The number of amides is 1. The molecule has 1 aromatic heterocycles. The second kappa shape index (κ2) is 5.79. The molecule has 24 heavy (non-hydrogen) atoms. The molecular weight excluding hydrogens is 324 g/mol. The molecule has 4 rings (SSSR count). The van der Waals surface area contributed by atoms with E-state index >= 15 is 0 Å². The maximum absolute atomic E-state index is 12.5. The molecule has 1 amide bonds. The van der Waals surface area contributed by atoms with Crippen molar-refractivity contribution in [2.75, 3.05) is 6.79 Å². The molecule has 0 saturated heterocycles. The zero-order chi connectivity index (χ0) is 16.7. The van der Waals surface area contributed by atoms with Crippen LogP contribution in [0.1, 0.15) is 22.8 Å². The van der Waals surface area contributed by atoms with Crippen LogP contribution in [0.4, 0.5) is 0 Å². The highest BCUT2D eigenvalue weighted by molar-refractivity contribution is 7.16. The fourth-order valence-electron chi connectivity index (χ4n) is 2.69. The Labute approximate surface area is 142 Å². The van der Waals surface area contributed by atoms with Crippen molar-refractivity contribution < 1.29 is 14.3 Å². The third-order valence-electron chi connectivity index (χ3n) is 4.10. The number of benzene rings is 2. The van der Waals surface area contributed by atoms with Gasteiger partial charge < -0.3 is 14.0 Å². The molecule has 0 unspecified atom stereocenters. The molecule has 122 valence electrons. The summed E-state index contributed by atoms with van der Waals surface area (Å²) in [5, 5.41) is 0. The molecule has 3 aromatic rings. The number of ether oxygens (including phenoxy) is 2. The first-order valence-corrected chi connectivity index (χ1v) is 8.54. The lowest BCUT2D eigenvalue weighted by atomic mass is 10.2. The van der Waals surface area contributed by atoms with Gasteiger partial charge in [0.15, 0.2) is 16.3 Å². The molecule has 0 atom stereocenters. The van der Waals surface area contributed by atoms with Crippen LogP contribution in [0.5, 0.6) is 11.5 Å². The van der Waals surface area contributed by atoms with E-state index in [1.807, 2.05) is 11.6 Å². The molecular formula is C18H16N2O3S. The summed E-state index contributed by atoms with van der Waals surface area (Å²) in [4.78, 5) is 17.5. The van der Waals surface area contributed by atoms with Crippen LogP contribution in [0, 0.1) is 0 Å². The van der Waals surface area contributed by atoms with E-state index in [0.29, 0.717) is 21.9 Å². The summed E-state index contributed by atoms with van der Waals surface area (Å²) in [6.45, 7) is 2.32. The largest absolute Gasteiger partial charge is 0.454 e. The lowest BCUT2D eigenvalue weighted by Gasteiger charge is -1.99. The van der Waals surface area contributed by atoms with E-state index in [-0.39, 0.29) is 12.7 Å². The third kappa shape index (κ3) is 2.49. The van der Waals surface area contributed by atoms with Gasteiger partial charge in [0.25, 0.3) is 5.91 Å². The minimum Gasteiger partial charge on any atom is -0.454 e. The molecule has 6 heteroatoms. The number of fused-ring (bicyclic) bond motifs is 2. The highest BCUT2D eigenvalue weighted by Gasteiger charge is 2.16. The Morgan fingerprint density at radius 2 is 2.04 bits per heavy atom. The highest BCUT2D eigenvalue weighted by atomic mass is 32.1. The fourth-order valence-corrected chi connectivity index (χ4v) is 3.77. The predicted octanol–water partition coefficient (Wildman–Crippen LogP) is 3.27. The van der Waals surface area contributed by atoms with E-state index in [2.05, 4.69) is 30.1 Å². The summed E-state index contributed by atoms with van der Waals surface area (Å²) in [6.07, 6.45) is 0.986. The van der Waals surface area contributed by atoms with Crippen molar-refractivity contribution in [1.29, 1.82) is 0 Å².